The van der Waals surface area contributed by atoms with Gasteiger partial charge in [0.25, 0.3) is 0 Å². The molecule has 0 aliphatic heterocycles. The average molecular weight is 160 g/mol. The van der Waals surface area contributed by atoms with Gasteiger partial charge in [0.2, 0.25) is 5.95 Å². The summed E-state index contributed by atoms with van der Waals surface area (Å²) in [4.78, 5) is 4.04. The maximum absolute atomic E-state index is 5.39. The van der Waals surface area contributed by atoms with E-state index in [0.29, 0.717) is 0 Å². The van der Waals surface area contributed by atoms with Gasteiger partial charge in [-0.1, -0.05) is 12.1 Å². The van der Waals surface area contributed by atoms with Crippen molar-refractivity contribution in [2.24, 2.45) is 0 Å². The Morgan fingerprint density at radius 1 is 1.25 bits per heavy atom. The number of hydrogen-bond donors (Lipinski definition) is 1. The van der Waals surface area contributed by atoms with Crippen molar-refractivity contribution in [1.82, 2.24) is 15.2 Å². The molecule has 0 fully saturated rings. The molecule has 2 aromatic rings. The first-order chi connectivity index (χ1) is 5.77. The zero-order chi connectivity index (χ0) is 8.55. The predicted molar refractivity (Wildman–Crippen MR) is 46.5 cm³/mol. The summed E-state index contributed by atoms with van der Waals surface area (Å²) in [6, 6.07) is 5.76. The molecule has 0 aliphatic carbocycles. The molecule has 0 saturated heterocycles. The summed E-state index contributed by atoms with van der Waals surface area (Å²) in [5.41, 5.74) is 8.06. The number of anilines is 1. The number of nitrogens with zero attached hydrogens (tertiary/aromatic N) is 3. The Kier molecular flexibility index (Phi) is 1.40. The Balaban J connectivity index is 2.86. The van der Waals surface area contributed by atoms with Crippen LogP contribution < -0.4 is 5.73 Å². The normalized spacial score (nSPS) is 10.4. The number of aryl methyl sites for hydroxylation is 1. The lowest BCUT2D eigenvalue weighted by Crippen LogP contribution is -1.98. The summed E-state index contributed by atoms with van der Waals surface area (Å²) >= 11 is 0. The minimum Gasteiger partial charge on any atom is -0.366 e. The van der Waals surface area contributed by atoms with E-state index in [1.807, 2.05) is 25.1 Å². The summed E-state index contributed by atoms with van der Waals surface area (Å²) in [6.45, 7) is 1.97. The highest BCUT2D eigenvalue weighted by molar-refractivity contribution is 5.77. The van der Waals surface area contributed by atoms with Crippen LogP contribution in [0.4, 0.5) is 5.95 Å². The number of rotatable bonds is 0. The third-order valence-corrected chi connectivity index (χ3v) is 1.70. The first kappa shape index (κ1) is 6.97. The van der Waals surface area contributed by atoms with Crippen molar-refractivity contribution in [3.05, 3.63) is 23.8 Å². The fraction of sp³-hybridized carbons (Fsp3) is 0.125. The number of benzene rings is 1. The Morgan fingerprint density at radius 3 is 2.92 bits per heavy atom. The van der Waals surface area contributed by atoms with E-state index in [9.17, 15) is 0 Å². The van der Waals surface area contributed by atoms with E-state index >= 15 is 0 Å². The van der Waals surface area contributed by atoms with E-state index in [4.69, 9.17) is 5.73 Å². The van der Waals surface area contributed by atoms with Crippen molar-refractivity contribution in [3.8, 4) is 0 Å². The van der Waals surface area contributed by atoms with Gasteiger partial charge in [-0.05, 0) is 18.6 Å². The van der Waals surface area contributed by atoms with Gasteiger partial charge in [-0.3, -0.25) is 0 Å². The Morgan fingerprint density at radius 2 is 2.08 bits per heavy atom. The topological polar surface area (TPSA) is 64.7 Å². The van der Waals surface area contributed by atoms with E-state index in [0.717, 1.165) is 16.6 Å². The van der Waals surface area contributed by atoms with E-state index in [1.54, 1.807) is 0 Å². The monoisotopic (exact) mass is 160 g/mol. The van der Waals surface area contributed by atoms with E-state index in [1.165, 1.54) is 0 Å². The standard InChI is InChI=1S/C8H8N4/c1-5-3-2-4-6-7(5)11-12-8(9)10-6/h2-4H,1H3,(H2,9,10,12). The fourth-order valence-electron chi connectivity index (χ4n) is 1.11. The van der Waals surface area contributed by atoms with Gasteiger partial charge in [0, 0.05) is 0 Å². The van der Waals surface area contributed by atoms with Crippen LogP contribution in [0.5, 0.6) is 0 Å². The third-order valence-electron chi connectivity index (χ3n) is 1.70. The summed E-state index contributed by atoms with van der Waals surface area (Å²) in [6.07, 6.45) is 0. The van der Waals surface area contributed by atoms with Gasteiger partial charge in [0.1, 0.15) is 5.52 Å². The second-order valence-electron chi connectivity index (χ2n) is 2.61. The SMILES string of the molecule is Cc1cccc2nc(N)nnc12. The number of nitrogen functional groups attached to an aromatic ring is 1. The Hall–Kier alpha value is -1.71. The minimum atomic E-state index is 0.216. The average Bonchev–Trinajstić information content (AvgIpc) is 2.04. The number of hydrogen-bond acceptors (Lipinski definition) is 4. The lowest BCUT2D eigenvalue weighted by atomic mass is 10.2. The van der Waals surface area contributed by atoms with Gasteiger partial charge in [-0.15, -0.1) is 10.2 Å². The zero-order valence-electron chi connectivity index (χ0n) is 6.65. The molecule has 0 saturated carbocycles. The lowest BCUT2D eigenvalue weighted by molar-refractivity contribution is 1.03. The van der Waals surface area contributed by atoms with Crippen LogP contribution in [0.2, 0.25) is 0 Å². The Labute approximate surface area is 69.4 Å². The molecule has 0 bridgehead atoms. The van der Waals surface area contributed by atoms with Crippen molar-refractivity contribution in [3.63, 3.8) is 0 Å². The molecule has 0 unspecified atom stereocenters. The molecule has 60 valence electrons. The zero-order valence-corrected chi connectivity index (χ0v) is 6.65. The molecule has 0 atom stereocenters. The molecule has 12 heavy (non-hydrogen) atoms. The molecule has 1 heterocycles. The fourth-order valence-corrected chi connectivity index (χ4v) is 1.11. The molecule has 0 aliphatic rings. The Bertz CT molecular complexity index is 424. The maximum atomic E-state index is 5.39. The van der Waals surface area contributed by atoms with Crippen molar-refractivity contribution < 1.29 is 0 Å². The first-order valence-corrected chi connectivity index (χ1v) is 3.63. The number of fused-ring (bicyclic) bond motifs is 1. The van der Waals surface area contributed by atoms with Crippen LogP contribution in [0.15, 0.2) is 18.2 Å². The molecule has 1 aromatic heterocycles. The molecule has 0 spiro atoms. The molecular formula is C8H8N4. The lowest BCUT2D eigenvalue weighted by Gasteiger charge is -1.98. The highest BCUT2D eigenvalue weighted by Gasteiger charge is 1.99. The molecule has 1 aromatic carbocycles. The highest BCUT2D eigenvalue weighted by atomic mass is 15.2. The van der Waals surface area contributed by atoms with Crippen molar-refractivity contribution in [1.29, 1.82) is 0 Å². The van der Waals surface area contributed by atoms with Gasteiger partial charge in [-0.2, -0.15) is 0 Å². The maximum Gasteiger partial charge on any atom is 0.240 e. The van der Waals surface area contributed by atoms with Gasteiger partial charge in [-0.25, -0.2) is 4.98 Å². The number of nitrogens with two attached hydrogens (primary N) is 1. The molecule has 0 amide bonds. The van der Waals surface area contributed by atoms with Crippen LogP contribution in [0.1, 0.15) is 5.56 Å². The van der Waals surface area contributed by atoms with Gasteiger partial charge < -0.3 is 5.73 Å². The quantitative estimate of drug-likeness (QED) is 0.622. The van der Waals surface area contributed by atoms with Crippen molar-refractivity contribution in [2.45, 2.75) is 6.92 Å². The van der Waals surface area contributed by atoms with E-state index in [2.05, 4.69) is 15.2 Å². The van der Waals surface area contributed by atoms with Gasteiger partial charge >= 0.3 is 0 Å². The van der Waals surface area contributed by atoms with Crippen LogP contribution in [-0.2, 0) is 0 Å². The summed E-state index contributed by atoms with van der Waals surface area (Å²) in [7, 11) is 0. The summed E-state index contributed by atoms with van der Waals surface area (Å²) in [5.74, 6) is 0.216. The third kappa shape index (κ3) is 0.972. The van der Waals surface area contributed by atoms with Gasteiger partial charge in [0.05, 0.1) is 5.52 Å². The second kappa shape index (κ2) is 2.41. The molecule has 4 heteroatoms. The van der Waals surface area contributed by atoms with Crippen LogP contribution in [0, 0.1) is 6.92 Å². The van der Waals surface area contributed by atoms with Crippen LogP contribution >= 0.6 is 0 Å². The largest absolute Gasteiger partial charge is 0.366 e. The molecule has 2 rings (SSSR count). The summed E-state index contributed by atoms with van der Waals surface area (Å²) < 4.78 is 0. The molecule has 4 nitrogen and oxygen atoms in total. The number of aromatic nitrogens is 3. The van der Waals surface area contributed by atoms with Crippen LogP contribution in [0.25, 0.3) is 11.0 Å². The highest BCUT2D eigenvalue weighted by Crippen LogP contribution is 2.12. The van der Waals surface area contributed by atoms with Crippen molar-refractivity contribution in [2.75, 3.05) is 5.73 Å². The van der Waals surface area contributed by atoms with E-state index in [-0.39, 0.29) is 5.95 Å². The van der Waals surface area contributed by atoms with Crippen LogP contribution in [-0.4, -0.2) is 15.2 Å². The molecule has 0 radical (unpaired) electrons. The van der Waals surface area contributed by atoms with Crippen molar-refractivity contribution >= 4 is 17.0 Å². The van der Waals surface area contributed by atoms with Gasteiger partial charge in [0.15, 0.2) is 0 Å². The minimum absolute atomic E-state index is 0.216. The smallest absolute Gasteiger partial charge is 0.240 e. The first-order valence-electron chi connectivity index (χ1n) is 3.63. The molecular weight excluding hydrogens is 152 g/mol. The predicted octanol–water partition coefficient (Wildman–Crippen LogP) is 0.915. The summed E-state index contributed by atoms with van der Waals surface area (Å²) in [5, 5.41) is 7.63. The second-order valence-corrected chi connectivity index (χ2v) is 2.61. The van der Waals surface area contributed by atoms with E-state index < -0.39 is 0 Å². The molecule has 2 N–H and O–H groups in total. The van der Waals surface area contributed by atoms with Crippen LogP contribution in [0.3, 0.4) is 0 Å².